The summed E-state index contributed by atoms with van der Waals surface area (Å²) in [5, 5.41) is 6.49. The first-order valence-corrected chi connectivity index (χ1v) is 4.64. The van der Waals surface area contributed by atoms with Gasteiger partial charge in [-0.05, 0) is 30.2 Å². The lowest BCUT2D eigenvalue weighted by Crippen LogP contribution is -2.05. The first-order chi connectivity index (χ1) is 6.67. The fourth-order valence-corrected chi connectivity index (χ4v) is 1.13. The van der Waals surface area contributed by atoms with Crippen molar-refractivity contribution in [3.8, 4) is 0 Å². The molecular formula is C11H19N3. The van der Waals surface area contributed by atoms with Crippen LogP contribution in [-0.2, 0) is 0 Å². The van der Waals surface area contributed by atoms with Crippen molar-refractivity contribution in [2.24, 2.45) is 16.9 Å². The number of hydrazone groups is 1. The van der Waals surface area contributed by atoms with Crippen molar-refractivity contribution in [2.45, 2.75) is 20.8 Å². The van der Waals surface area contributed by atoms with Crippen molar-refractivity contribution >= 4 is 6.21 Å². The van der Waals surface area contributed by atoms with Crippen molar-refractivity contribution in [1.82, 2.24) is 5.32 Å². The van der Waals surface area contributed by atoms with E-state index >= 15 is 0 Å². The predicted octanol–water partition coefficient (Wildman–Crippen LogP) is 2.15. The van der Waals surface area contributed by atoms with Gasteiger partial charge in [0.1, 0.15) is 0 Å². The maximum Gasteiger partial charge on any atom is 0.0538 e. The van der Waals surface area contributed by atoms with E-state index in [0.29, 0.717) is 5.92 Å². The maximum absolute atomic E-state index is 5.13. The summed E-state index contributed by atoms with van der Waals surface area (Å²) < 4.78 is 0. The third-order valence-electron chi connectivity index (χ3n) is 1.84. The molecule has 0 aromatic heterocycles. The topological polar surface area (TPSA) is 50.4 Å². The average molecular weight is 193 g/mol. The van der Waals surface area contributed by atoms with Gasteiger partial charge in [0.05, 0.1) is 6.21 Å². The number of nitrogens with two attached hydrogens (primary N) is 1. The van der Waals surface area contributed by atoms with E-state index in [-0.39, 0.29) is 0 Å². The third kappa shape index (κ3) is 3.94. The minimum absolute atomic E-state index is 0.409. The SMILES string of the molecule is C=CN\C=C(C(/C=N\N)=C\C)\C(C)C. The minimum Gasteiger partial charge on any atom is -0.368 e. The van der Waals surface area contributed by atoms with Crippen LogP contribution in [0.15, 0.2) is 41.3 Å². The molecule has 14 heavy (non-hydrogen) atoms. The van der Waals surface area contributed by atoms with Crippen LogP contribution in [0.4, 0.5) is 0 Å². The van der Waals surface area contributed by atoms with Crippen LogP contribution in [0, 0.1) is 5.92 Å². The molecule has 0 aromatic rings. The van der Waals surface area contributed by atoms with E-state index in [4.69, 9.17) is 5.84 Å². The molecule has 0 radical (unpaired) electrons. The van der Waals surface area contributed by atoms with Crippen LogP contribution in [0.3, 0.4) is 0 Å². The molecule has 0 spiro atoms. The second-order valence-electron chi connectivity index (χ2n) is 3.15. The van der Waals surface area contributed by atoms with E-state index in [9.17, 15) is 0 Å². The molecule has 0 aliphatic rings. The van der Waals surface area contributed by atoms with E-state index in [1.807, 2.05) is 19.2 Å². The van der Waals surface area contributed by atoms with Gasteiger partial charge in [0.15, 0.2) is 0 Å². The first-order valence-electron chi connectivity index (χ1n) is 4.64. The molecule has 0 rings (SSSR count). The zero-order valence-electron chi connectivity index (χ0n) is 9.12. The van der Waals surface area contributed by atoms with Crippen molar-refractivity contribution in [3.05, 3.63) is 36.2 Å². The largest absolute Gasteiger partial charge is 0.368 e. The molecule has 0 aromatic carbocycles. The highest BCUT2D eigenvalue weighted by Gasteiger charge is 2.06. The highest BCUT2D eigenvalue weighted by molar-refractivity contribution is 5.84. The van der Waals surface area contributed by atoms with E-state index < -0.39 is 0 Å². The van der Waals surface area contributed by atoms with Gasteiger partial charge in [0.2, 0.25) is 0 Å². The van der Waals surface area contributed by atoms with Gasteiger partial charge in [-0.15, -0.1) is 0 Å². The van der Waals surface area contributed by atoms with Crippen LogP contribution in [0.25, 0.3) is 0 Å². The Balaban J connectivity index is 4.88. The van der Waals surface area contributed by atoms with Gasteiger partial charge in [-0.2, -0.15) is 5.10 Å². The van der Waals surface area contributed by atoms with Gasteiger partial charge < -0.3 is 11.2 Å². The Hall–Kier alpha value is -1.51. The Morgan fingerprint density at radius 2 is 2.14 bits per heavy atom. The lowest BCUT2D eigenvalue weighted by atomic mass is 9.96. The number of hydrogen-bond acceptors (Lipinski definition) is 3. The normalized spacial score (nSPS) is 13.7. The molecule has 0 aliphatic heterocycles. The number of hydrogen-bond donors (Lipinski definition) is 2. The highest BCUT2D eigenvalue weighted by Crippen LogP contribution is 2.17. The fourth-order valence-electron chi connectivity index (χ4n) is 1.13. The lowest BCUT2D eigenvalue weighted by Gasteiger charge is -2.11. The molecule has 3 N–H and O–H groups in total. The summed E-state index contributed by atoms with van der Waals surface area (Å²) >= 11 is 0. The summed E-state index contributed by atoms with van der Waals surface area (Å²) in [5.74, 6) is 5.54. The highest BCUT2D eigenvalue weighted by atomic mass is 15.1. The summed E-state index contributed by atoms with van der Waals surface area (Å²) in [4.78, 5) is 0. The summed E-state index contributed by atoms with van der Waals surface area (Å²) in [5.41, 5.74) is 2.18. The predicted molar refractivity (Wildman–Crippen MR) is 62.7 cm³/mol. The van der Waals surface area contributed by atoms with Crippen LogP contribution < -0.4 is 11.2 Å². The molecule has 0 saturated heterocycles. The maximum atomic E-state index is 5.13. The first kappa shape index (κ1) is 12.5. The zero-order valence-corrected chi connectivity index (χ0v) is 9.12. The van der Waals surface area contributed by atoms with Gasteiger partial charge in [-0.1, -0.05) is 26.5 Å². The van der Waals surface area contributed by atoms with Crippen LogP contribution in [0.2, 0.25) is 0 Å². The number of nitrogens with zero attached hydrogens (tertiary/aromatic N) is 1. The van der Waals surface area contributed by atoms with Crippen LogP contribution in [0.1, 0.15) is 20.8 Å². The van der Waals surface area contributed by atoms with Crippen molar-refractivity contribution in [3.63, 3.8) is 0 Å². The Labute approximate surface area is 86.1 Å². The molecule has 0 heterocycles. The molecule has 3 nitrogen and oxygen atoms in total. The van der Waals surface area contributed by atoms with Crippen LogP contribution in [-0.4, -0.2) is 6.21 Å². The van der Waals surface area contributed by atoms with Crippen molar-refractivity contribution < 1.29 is 0 Å². The molecule has 0 bridgehead atoms. The van der Waals surface area contributed by atoms with Gasteiger partial charge in [-0.25, -0.2) is 0 Å². The van der Waals surface area contributed by atoms with Gasteiger partial charge in [-0.3, -0.25) is 0 Å². The molecule has 0 amide bonds. The molecule has 78 valence electrons. The standard InChI is InChI=1S/C11H19N3/c1-5-10(7-14-12)11(9(3)4)8-13-6-2/h5-9,13H,2,12H2,1,3-4H3/b10-5-,11-8-,14-7-. The summed E-state index contributed by atoms with van der Waals surface area (Å²) in [6, 6.07) is 0. The molecule has 0 fully saturated rings. The van der Waals surface area contributed by atoms with Crippen molar-refractivity contribution in [2.75, 3.05) is 0 Å². The smallest absolute Gasteiger partial charge is 0.0538 e. The Bertz CT molecular complexity index is 260. The number of nitrogens with one attached hydrogen (secondary N) is 1. The zero-order chi connectivity index (χ0) is 11.0. The molecule has 0 aliphatic carbocycles. The average Bonchev–Trinajstić information content (AvgIpc) is 2.16. The quantitative estimate of drug-likeness (QED) is 0.304. The molecule has 0 unspecified atom stereocenters. The molecule has 0 atom stereocenters. The molecular weight excluding hydrogens is 174 g/mol. The minimum atomic E-state index is 0.409. The fraction of sp³-hybridized carbons (Fsp3) is 0.364. The van der Waals surface area contributed by atoms with Gasteiger partial charge >= 0.3 is 0 Å². The van der Waals surface area contributed by atoms with Gasteiger partial charge in [0, 0.05) is 6.20 Å². The summed E-state index contributed by atoms with van der Waals surface area (Å²) in [6.07, 6.45) is 7.17. The monoisotopic (exact) mass is 193 g/mol. The Morgan fingerprint density at radius 1 is 1.50 bits per heavy atom. The van der Waals surface area contributed by atoms with E-state index in [2.05, 4.69) is 30.8 Å². The molecule has 0 saturated carbocycles. The lowest BCUT2D eigenvalue weighted by molar-refractivity contribution is 0.777. The van der Waals surface area contributed by atoms with Crippen LogP contribution in [0.5, 0.6) is 0 Å². The Kier molecular flexibility index (Phi) is 6.20. The summed E-state index contributed by atoms with van der Waals surface area (Å²) in [6.45, 7) is 9.78. The summed E-state index contributed by atoms with van der Waals surface area (Å²) in [7, 11) is 0. The third-order valence-corrected chi connectivity index (χ3v) is 1.84. The van der Waals surface area contributed by atoms with E-state index in [1.54, 1.807) is 12.4 Å². The molecule has 3 heteroatoms. The second kappa shape index (κ2) is 6.95. The second-order valence-corrected chi connectivity index (χ2v) is 3.15. The number of allylic oxidation sites excluding steroid dienone is 3. The van der Waals surface area contributed by atoms with Crippen molar-refractivity contribution in [1.29, 1.82) is 0 Å². The van der Waals surface area contributed by atoms with Gasteiger partial charge in [0.25, 0.3) is 0 Å². The van der Waals surface area contributed by atoms with E-state index in [1.165, 1.54) is 0 Å². The van der Waals surface area contributed by atoms with E-state index in [0.717, 1.165) is 11.1 Å². The Morgan fingerprint density at radius 3 is 2.50 bits per heavy atom. The number of rotatable bonds is 5. The van der Waals surface area contributed by atoms with Crippen LogP contribution >= 0.6 is 0 Å².